The van der Waals surface area contributed by atoms with Gasteiger partial charge in [-0.05, 0) is 42.8 Å². The van der Waals surface area contributed by atoms with Crippen molar-refractivity contribution in [1.82, 2.24) is 9.80 Å². The summed E-state index contributed by atoms with van der Waals surface area (Å²) in [6, 6.07) is 21.5. The molecule has 1 aliphatic heterocycles. The number of carbonyl (C=O) groups excluding carboxylic acids is 2. The Kier molecular flexibility index (Phi) is 6.52. The molecule has 1 aromatic heterocycles. The number of amides is 2. The molecule has 0 aliphatic carbocycles. The quantitative estimate of drug-likeness (QED) is 0.617. The molecule has 3 aromatic rings. The van der Waals surface area contributed by atoms with Gasteiger partial charge in [-0.2, -0.15) is 5.26 Å². The lowest BCUT2D eigenvalue weighted by Gasteiger charge is -2.21. The molecule has 1 fully saturated rings. The lowest BCUT2D eigenvalue weighted by Crippen LogP contribution is -2.37. The molecule has 0 radical (unpaired) electrons. The third kappa shape index (κ3) is 4.81. The van der Waals surface area contributed by atoms with Crippen molar-refractivity contribution >= 4 is 11.8 Å². The van der Waals surface area contributed by atoms with Crippen LogP contribution in [0.15, 0.2) is 71.1 Å². The van der Waals surface area contributed by atoms with Crippen LogP contribution in [0.4, 0.5) is 0 Å². The van der Waals surface area contributed by atoms with E-state index >= 15 is 0 Å². The second-order valence-corrected chi connectivity index (χ2v) is 7.47. The van der Waals surface area contributed by atoms with Crippen molar-refractivity contribution in [3.8, 4) is 11.8 Å². The number of hydrogen-bond acceptors (Lipinski definition) is 5. The zero-order valence-corrected chi connectivity index (χ0v) is 17.6. The molecule has 1 saturated heterocycles. The predicted octanol–water partition coefficient (Wildman–Crippen LogP) is 3.72. The van der Waals surface area contributed by atoms with Crippen molar-refractivity contribution in [2.45, 2.75) is 13.0 Å². The highest BCUT2D eigenvalue weighted by Gasteiger charge is 2.25. The van der Waals surface area contributed by atoms with Crippen molar-refractivity contribution < 1.29 is 18.7 Å². The average molecular weight is 429 g/mol. The summed E-state index contributed by atoms with van der Waals surface area (Å²) in [5.74, 6) is 0.976. The van der Waals surface area contributed by atoms with E-state index in [9.17, 15) is 9.59 Å². The smallest absolute Gasteiger partial charge is 0.289 e. The molecule has 0 spiro atoms. The Labute approximate surface area is 186 Å². The number of hydrogen-bond donors (Lipinski definition) is 0. The molecule has 7 heteroatoms. The number of ether oxygens (including phenoxy) is 1. The Morgan fingerprint density at radius 2 is 1.56 bits per heavy atom. The maximum atomic E-state index is 12.9. The van der Waals surface area contributed by atoms with E-state index in [2.05, 4.69) is 6.07 Å². The summed E-state index contributed by atoms with van der Waals surface area (Å²) in [4.78, 5) is 29.1. The molecule has 2 aromatic carbocycles. The van der Waals surface area contributed by atoms with Crippen LogP contribution in [0.3, 0.4) is 0 Å². The minimum Gasteiger partial charge on any atom is -0.484 e. The largest absolute Gasteiger partial charge is 0.484 e. The van der Waals surface area contributed by atoms with Crippen LogP contribution >= 0.6 is 0 Å². The Morgan fingerprint density at radius 1 is 0.875 bits per heavy atom. The molecule has 2 amide bonds. The van der Waals surface area contributed by atoms with Gasteiger partial charge in [-0.25, -0.2) is 0 Å². The molecular formula is C25H23N3O4. The van der Waals surface area contributed by atoms with E-state index in [1.807, 2.05) is 18.2 Å². The summed E-state index contributed by atoms with van der Waals surface area (Å²) in [7, 11) is 0. The summed E-state index contributed by atoms with van der Waals surface area (Å²) >= 11 is 0. The van der Waals surface area contributed by atoms with E-state index in [-0.39, 0.29) is 24.2 Å². The molecule has 162 valence electrons. The lowest BCUT2D eigenvalue weighted by molar-refractivity contribution is 0.0697. The Morgan fingerprint density at radius 3 is 2.31 bits per heavy atom. The van der Waals surface area contributed by atoms with Crippen LogP contribution in [0, 0.1) is 11.3 Å². The molecule has 7 nitrogen and oxygen atoms in total. The number of carbonyl (C=O) groups is 2. The molecule has 0 bridgehead atoms. The van der Waals surface area contributed by atoms with Crippen LogP contribution in [0.5, 0.6) is 5.75 Å². The van der Waals surface area contributed by atoms with Crippen molar-refractivity contribution in [2.75, 3.05) is 26.2 Å². The third-order valence-corrected chi connectivity index (χ3v) is 5.34. The number of rotatable bonds is 5. The van der Waals surface area contributed by atoms with Gasteiger partial charge < -0.3 is 19.0 Å². The highest BCUT2D eigenvalue weighted by atomic mass is 16.5. The van der Waals surface area contributed by atoms with Gasteiger partial charge in [0.2, 0.25) is 0 Å². The van der Waals surface area contributed by atoms with Crippen molar-refractivity contribution in [3.63, 3.8) is 0 Å². The second-order valence-electron chi connectivity index (χ2n) is 7.47. The van der Waals surface area contributed by atoms with Crippen molar-refractivity contribution in [1.29, 1.82) is 5.26 Å². The zero-order chi connectivity index (χ0) is 22.3. The van der Waals surface area contributed by atoms with Gasteiger partial charge >= 0.3 is 0 Å². The van der Waals surface area contributed by atoms with Gasteiger partial charge in [-0.3, -0.25) is 9.59 Å². The van der Waals surface area contributed by atoms with Gasteiger partial charge in [0, 0.05) is 31.7 Å². The minimum absolute atomic E-state index is 0.0185. The van der Waals surface area contributed by atoms with E-state index in [4.69, 9.17) is 14.4 Å². The summed E-state index contributed by atoms with van der Waals surface area (Å²) in [5.41, 5.74) is 1.09. The highest BCUT2D eigenvalue weighted by molar-refractivity contribution is 5.94. The van der Waals surface area contributed by atoms with E-state index in [0.29, 0.717) is 55.2 Å². The molecule has 0 atom stereocenters. The first kappa shape index (κ1) is 21.2. The molecule has 4 rings (SSSR count). The van der Waals surface area contributed by atoms with Gasteiger partial charge in [0.05, 0.1) is 5.56 Å². The van der Waals surface area contributed by atoms with Crippen LogP contribution < -0.4 is 4.74 Å². The first-order valence-corrected chi connectivity index (χ1v) is 10.5. The Balaban J connectivity index is 1.35. The summed E-state index contributed by atoms with van der Waals surface area (Å²) in [5, 5.41) is 9.15. The zero-order valence-electron chi connectivity index (χ0n) is 17.6. The number of para-hydroxylation sites is 1. The highest BCUT2D eigenvalue weighted by Crippen LogP contribution is 2.20. The van der Waals surface area contributed by atoms with Gasteiger partial charge in [0.25, 0.3) is 11.8 Å². The minimum atomic E-state index is -0.206. The molecule has 1 aliphatic rings. The number of nitrogens with zero attached hydrogens (tertiary/aromatic N) is 3. The molecule has 0 N–H and O–H groups in total. The Bertz CT molecular complexity index is 1130. The molecular weight excluding hydrogens is 406 g/mol. The Hall–Kier alpha value is -4.05. The van der Waals surface area contributed by atoms with Crippen LogP contribution in [0.25, 0.3) is 0 Å². The van der Waals surface area contributed by atoms with E-state index in [0.717, 1.165) is 0 Å². The lowest BCUT2D eigenvalue weighted by atomic mass is 10.2. The van der Waals surface area contributed by atoms with Crippen LogP contribution in [-0.4, -0.2) is 47.8 Å². The normalized spacial score (nSPS) is 13.8. The topological polar surface area (TPSA) is 86.8 Å². The van der Waals surface area contributed by atoms with Crippen LogP contribution in [0.1, 0.15) is 38.7 Å². The van der Waals surface area contributed by atoms with Crippen molar-refractivity contribution in [2.24, 2.45) is 0 Å². The van der Waals surface area contributed by atoms with Gasteiger partial charge in [0.15, 0.2) is 5.76 Å². The first-order chi connectivity index (χ1) is 15.7. The number of furan rings is 1. The average Bonchev–Trinajstić information content (AvgIpc) is 3.18. The molecule has 0 unspecified atom stereocenters. The SMILES string of the molecule is N#Cc1ccccc1OCc1ccc(C(=O)N2CCCN(C(=O)c3ccccc3)CC2)o1. The molecule has 32 heavy (non-hydrogen) atoms. The van der Waals surface area contributed by atoms with Gasteiger partial charge in [-0.1, -0.05) is 30.3 Å². The number of nitriles is 1. The van der Waals surface area contributed by atoms with Gasteiger partial charge in [0.1, 0.15) is 24.2 Å². The fraction of sp³-hybridized carbons (Fsp3) is 0.240. The second kappa shape index (κ2) is 9.84. The maximum absolute atomic E-state index is 12.9. The predicted molar refractivity (Wildman–Crippen MR) is 117 cm³/mol. The van der Waals surface area contributed by atoms with E-state index < -0.39 is 0 Å². The molecule has 0 saturated carbocycles. The number of benzene rings is 2. The fourth-order valence-electron chi connectivity index (χ4n) is 3.65. The van der Waals surface area contributed by atoms with Crippen LogP contribution in [0.2, 0.25) is 0 Å². The van der Waals surface area contributed by atoms with E-state index in [1.165, 1.54) is 0 Å². The summed E-state index contributed by atoms with van der Waals surface area (Å²) in [6.07, 6.45) is 0.700. The first-order valence-electron chi connectivity index (χ1n) is 10.5. The van der Waals surface area contributed by atoms with Crippen LogP contribution in [-0.2, 0) is 6.61 Å². The van der Waals surface area contributed by atoms with E-state index in [1.54, 1.807) is 58.3 Å². The van der Waals surface area contributed by atoms with Gasteiger partial charge in [-0.15, -0.1) is 0 Å². The fourth-order valence-corrected chi connectivity index (χ4v) is 3.65. The standard InChI is InChI=1S/C25H23N3O4/c26-17-20-9-4-5-10-22(20)31-18-21-11-12-23(32-21)25(30)28-14-6-13-27(15-16-28)24(29)19-7-2-1-3-8-19/h1-5,7-12H,6,13-16,18H2. The monoisotopic (exact) mass is 429 g/mol. The summed E-state index contributed by atoms with van der Waals surface area (Å²) < 4.78 is 11.4. The van der Waals surface area contributed by atoms with Crippen molar-refractivity contribution in [3.05, 3.63) is 89.4 Å². The maximum Gasteiger partial charge on any atom is 0.289 e. The third-order valence-electron chi connectivity index (χ3n) is 5.34. The summed E-state index contributed by atoms with van der Waals surface area (Å²) in [6.45, 7) is 2.19. The molecule has 2 heterocycles.